The lowest BCUT2D eigenvalue weighted by molar-refractivity contribution is 0.361. The van der Waals surface area contributed by atoms with Crippen LogP contribution in [-0.4, -0.2) is 26.6 Å². The standard InChI is InChI=1S/C19H20N6/c1-12-9-15(10-13(2)21-12)16-17(14-7-5-4-6-8-14)22-19(20)25-11-24(3)23-18(16)25/h4-10,20,23H,11H2,1-3H3. The van der Waals surface area contributed by atoms with E-state index in [-0.39, 0.29) is 5.62 Å². The van der Waals surface area contributed by atoms with Crippen molar-refractivity contribution >= 4 is 5.82 Å². The van der Waals surface area contributed by atoms with Gasteiger partial charge in [-0.2, -0.15) is 0 Å². The van der Waals surface area contributed by atoms with E-state index in [0.717, 1.165) is 39.6 Å². The minimum absolute atomic E-state index is 0.247. The van der Waals surface area contributed by atoms with Crippen LogP contribution in [0, 0.1) is 19.3 Å². The van der Waals surface area contributed by atoms with Crippen molar-refractivity contribution in [3.8, 4) is 22.4 Å². The lowest BCUT2D eigenvalue weighted by Crippen LogP contribution is -2.24. The number of rotatable bonds is 2. The third-order valence-electron chi connectivity index (χ3n) is 4.28. The lowest BCUT2D eigenvalue weighted by atomic mass is 9.99. The van der Waals surface area contributed by atoms with Gasteiger partial charge in [0, 0.05) is 24.0 Å². The number of anilines is 1. The number of aryl methyl sites for hydroxylation is 2. The van der Waals surface area contributed by atoms with Gasteiger partial charge in [0.15, 0.2) is 0 Å². The topological polar surface area (TPSA) is 69.8 Å². The maximum Gasteiger partial charge on any atom is 0.225 e. The van der Waals surface area contributed by atoms with Crippen LogP contribution < -0.4 is 11.0 Å². The minimum atomic E-state index is 0.247. The summed E-state index contributed by atoms with van der Waals surface area (Å²) in [6.07, 6.45) is 0. The van der Waals surface area contributed by atoms with Gasteiger partial charge in [-0.3, -0.25) is 15.0 Å². The van der Waals surface area contributed by atoms with Gasteiger partial charge in [-0.05, 0) is 31.5 Å². The van der Waals surface area contributed by atoms with E-state index < -0.39 is 0 Å². The van der Waals surface area contributed by atoms with Crippen LogP contribution in [0.4, 0.5) is 5.82 Å². The van der Waals surface area contributed by atoms with Crippen molar-refractivity contribution in [2.75, 3.05) is 12.5 Å². The van der Waals surface area contributed by atoms with Crippen molar-refractivity contribution in [2.24, 2.45) is 0 Å². The molecule has 0 spiro atoms. The van der Waals surface area contributed by atoms with Gasteiger partial charge in [0.25, 0.3) is 0 Å². The summed E-state index contributed by atoms with van der Waals surface area (Å²) < 4.78 is 1.88. The number of benzene rings is 1. The van der Waals surface area contributed by atoms with Crippen LogP contribution in [0.3, 0.4) is 0 Å². The Kier molecular flexibility index (Phi) is 3.62. The summed E-state index contributed by atoms with van der Waals surface area (Å²) in [4.78, 5) is 9.12. The molecule has 1 aliphatic heterocycles. The summed E-state index contributed by atoms with van der Waals surface area (Å²) in [6.45, 7) is 4.59. The van der Waals surface area contributed by atoms with Crippen LogP contribution in [-0.2, 0) is 6.67 Å². The second-order valence-corrected chi connectivity index (χ2v) is 6.39. The van der Waals surface area contributed by atoms with Gasteiger partial charge in [0.2, 0.25) is 5.62 Å². The molecule has 6 heteroatoms. The molecule has 25 heavy (non-hydrogen) atoms. The summed E-state index contributed by atoms with van der Waals surface area (Å²) in [5.41, 5.74) is 9.42. The van der Waals surface area contributed by atoms with E-state index in [0.29, 0.717) is 6.67 Å². The van der Waals surface area contributed by atoms with E-state index in [1.807, 2.05) is 60.8 Å². The van der Waals surface area contributed by atoms with E-state index in [2.05, 4.69) is 27.5 Å². The van der Waals surface area contributed by atoms with E-state index in [9.17, 15) is 0 Å². The zero-order valence-corrected chi connectivity index (χ0v) is 14.5. The van der Waals surface area contributed by atoms with Crippen LogP contribution in [0.25, 0.3) is 22.4 Å². The molecule has 3 heterocycles. The number of hydrogen-bond donors (Lipinski definition) is 2. The molecule has 0 radical (unpaired) electrons. The van der Waals surface area contributed by atoms with E-state index >= 15 is 0 Å². The minimum Gasteiger partial charge on any atom is -0.302 e. The maximum atomic E-state index is 8.35. The second-order valence-electron chi connectivity index (χ2n) is 6.39. The summed E-state index contributed by atoms with van der Waals surface area (Å²) in [5, 5.41) is 10.3. The first-order valence-corrected chi connectivity index (χ1v) is 8.21. The Bertz CT molecular complexity index is 986. The van der Waals surface area contributed by atoms with Crippen molar-refractivity contribution in [2.45, 2.75) is 20.5 Å². The Hall–Kier alpha value is -2.99. The fraction of sp³-hybridized carbons (Fsp3) is 0.211. The molecule has 0 bridgehead atoms. The smallest absolute Gasteiger partial charge is 0.225 e. The predicted octanol–water partition coefficient (Wildman–Crippen LogP) is 2.94. The Morgan fingerprint density at radius 2 is 1.68 bits per heavy atom. The first-order chi connectivity index (χ1) is 12.0. The van der Waals surface area contributed by atoms with Crippen molar-refractivity contribution < 1.29 is 0 Å². The Balaban J connectivity index is 2.07. The normalized spacial score (nSPS) is 13.6. The van der Waals surface area contributed by atoms with E-state index in [1.54, 1.807) is 0 Å². The highest BCUT2D eigenvalue weighted by molar-refractivity contribution is 5.88. The average Bonchev–Trinajstić information content (AvgIpc) is 2.96. The second kappa shape index (κ2) is 5.82. The Morgan fingerprint density at radius 3 is 2.36 bits per heavy atom. The number of nitrogens with zero attached hydrogens (tertiary/aromatic N) is 4. The highest BCUT2D eigenvalue weighted by atomic mass is 15.6. The van der Waals surface area contributed by atoms with Gasteiger partial charge < -0.3 is 5.43 Å². The van der Waals surface area contributed by atoms with Gasteiger partial charge in [0.05, 0.1) is 17.9 Å². The quantitative estimate of drug-likeness (QED) is 0.757. The van der Waals surface area contributed by atoms with Gasteiger partial charge in [-0.25, -0.2) is 9.99 Å². The van der Waals surface area contributed by atoms with Crippen molar-refractivity contribution in [1.29, 1.82) is 5.41 Å². The number of hydrogen-bond acceptors (Lipinski definition) is 5. The van der Waals surface area contributed by atoms with Gasteiger partial charge in [-0.15, -0.1) is 0 Å². The van der Waals surface area contributed by atoms with Crippen LogP contribution in [0.2, 0.25) is 0 Å². The van der Waals surface area contributed by atoms with Crippen molar-refractivity contribution in [3.63, 3.8) is 0 Å². The summed E-state index contributed by atoms with van der Waals surface area (Å²) in [5.74, 6) is 0.895. The molecular formula is C19H20N6. The van der Waals surface area contributed by atoms with Gasteiger partial charge in [-0.1, -0.05) is 30.3 Å². The molecule has 126 valence electrons. The molecule has 4 rings (SSSR count). The molecule has 0 fully saturated rings. The third-order valence-corrected chi connectivity index (χ3v) is 4.28. The summed E-state index contributed by atoms with van der Waals surface area (Å²) in [6, 6.07) is 14.2. The molecule has 0 amide bonds. The Labute approximate surface area is 146 Å². The molecule has 3 aromatic rings. The van der Waals surface area contributed by atoms with Gasteiger partial charge >= 0.3 is 0 Å². The van der Waals surface area contributed by atoms with Crippen LogP contribution in [0.1, 0.15) is 11.4 Å². The SMILES string of the molecule is Cc1cc(-c2c(-c3ccccc3)nc(=N)n3c2NN(C)C3)cc(C)n1. The zero-order chi connectivity index (χ0) is 17.6. The molecule has 2 N–H and O–H groups in total. The number of aromatic nitrogens is 3. The van der Waals surface area contributed by atoms with Crippen LogP contribution in [0.15, 0.2) is 42.5 Å². The molecule has 1 aliphatic rings. The number of fused-ring (bicyclic) bond motifs is 1. The lowest BCUT2D eigenvalue weighted by Gasteiger charge is -2.16. The van der Waals surface area contributed by atoms with E-state index in [1.165, 1.54) is 0 Å². The maximum absolute atomic E-state index is 8.35. The monoisotopic (exact) mass is 332 g/mol. The zero-order valence-electron chi connectivity index (χ0n) is 14.5. The highest BCUT2D eigenvalue weighted by Gasteiger charge is 2.24. The van der Waals surface area contributed by atoms with Crippen LogP contribution in [0.5, 0.6) is 0 Å². The molecule has 0 atom stereocenters. The number of nitrogens with one attached hydrogen (secondary N) is 2. The largest absolute Gasteiger partial charge is 0.302 e. The first kappa shape index (κ1) is 15.5. The summed E-state index contributed by atoms with van der Waals surface area (Å²) >= 11 is 0. The molecule has 2 aromatic heterocycles. The molecule has 0 aliphatic carbocycles. The molecule has 1 aromatic carbocycles. The fourth-order valence-electron chi connectivity index (χ4n) is 3.31. The summed E-state index contributed by atoms with van der Waals surface area (Å²) in [7, 11) is 1.96. The van der Waals surface area contributed by atoms with Gasteiger partial charge in [0.1, 0.15) is 5.82 Å². The number of pyridine rings is 1. The molecule has 0 saturated heterocycles. The average molecular weight is 332 g/mol. The third kappa shape index (κ3) is 2.70. The Morgan fingerprint density at radius 1 is 1.00 bits per heavy atom. The first-order valence-electron chi connectivity index (χ1n) is 8.21. The number of hydrazine groups is 1. The van der Waals surface area contributed by atoms with E-state index in [4.69, 9.17) is 5.41 Å². The van der Waals surface area contributed by atoms with Crippen LogP contribution >= 0.6 is 0 Å². The fourth-order valence-corrected chi connectivity index (χ4v) is 3.31. The molecule has 6 nitrogen and oxygen atoms in total. The highest BCUT2D eigenvalue weighted by Crippen LogP contribution is 2.37. The molecule has 0 unspecified atom stereocenters. The predicted molar refractivity (Wildman–Crippen MR) is 97.6 cm³/mol. The van der Waals surface area contributed by atoms with Crippen molar-refractivity contribution in [3.05, 3.63) is 59.5 Å². The molecular weight excluding hydrogens is 312 g/mol. The molecule has 0 saturated carbocycles. The van der Waals surface area contributed by atoms with Crippen molar-refractivity contribution in [1.82, 2.24) is 19.5 Å².